The van der Waals surface area contributed by atoms with Gasteiger partial charge in [-0.25, -0.2) is 19.3 Å². The SMILES string of the molecule is COCCNC(=O)C1NNNC1NS(=O)(=O)c1ccc(C)cc1. The second kappa shape index (κ2) is 7.81. The maximum Gasteiger partial charge on any atom is 0.242 e. The summed E-state index contributed by atoms with van der Waals surface area (Å²) in [7, 11) is -2.22. The molecule has 1 aliphatic heterocycles. The quantitative estimate of drug-likeness (QED) is 0.376. The summed E-state index contributed by atoms with van der Waals surface area (Å²) < 4.78 is 32.0. The van der Waals surface area contributed by atoms with E-state index < -0.39 is 22.2 Å². The zero-order chi connectivity index (χ0) is 16.9. The van der Waals surface area contributed by atoms with Crippen LogP contribution in [0.5, 0.6) is 0 Å². The molecular formula is C13H21N5O4S. The van der Waals surface area contributed by atoms with Crippen LogP contribution in [0, 0.1) is 6.92 Å². The summed E-state index contributed by atoms with van der Waals surface area (Å²) >= 11 is 0. The predicted molar refractivity (Wildman–Crippen MR) is 83.4 cm³/mol. The van der Waals surface area contributed by atoms with E-state index in [2.05, 4.69) is 26.4 Å². The van der Waals surface area contributed by atoms with Crippen molar-refractivity contribution in [2.24, 2.45) is 0 Å². The van der Waals surface area contributed by atoms with Crippen LogP contribution in [-0.4, -0.2) is 46.8 Å². The number of ether oxygens (including phenoxy) is 1. The van der Waals surface area contributed by atoms with Crippen LogP contribution in [0.4, 0.5) is 0 Å². The van der Waals surface area contributed by atoms with E-state index in [1.165, 1.54) is 19.2 Å². The molecule has 2 atom stereocenters. The van der Waals surface area contributed by atoms with Gasteiger partial charge < -0.3 is 10.1 Å². The van der Waals surface area contributed by atoms with Crippen molar-refractivity contribution in [1.29, 1.82) is 0 Å². The molecule has 1 fully saturated rings. The number of aryl methyl sites for hydroxylation is 1. The topological polar surface area (TPSA) is 121 Å². The molecule has 0 saturated carbocycles. The fourth-order valence-corrected chi connectivity index (χ4v) is 3.18. The van der Waals surface area contributed by atoms with E-state index in [-0.39, 0.29) is 10.8 Å². The van der Waals surface area contributed by atoms with Crippen molar-refractivity contribution in [2.75, 3.05) is 20.3 Å². The smallest absolute Gasteiger partial charge is 0.242 e. The number of carbonyl (C=O) groups excluding carboxylic acids is 1. The predicted octanol–water partition coefficient (Wildman–Crippen LogP) is -1.66. The number of sulfonamides is 1. The number of benzene rings is 1. The number of rotatable bonds is 7. The first-order valence-corrected chi connectivity index (χ1v) is 8.54. The summed E-state index contributed by atoms with van der Waals surface area (Å²) in [6, 6.07) is 5.65. The molecule has 0 aliphatic carbocycles. The molecule has 2 unspecified atom stereocenters. The summed E-state index contributed by atoms with van der Waals surface area (Å²) in [5.74, 6) is -0.351. The highest BCUT2D eigenvalue weighted by molar-refractivity contribution is 7.89. The van der Waals surface area contributed by atoms with Crippen molar-refractivity contribution in [1.82, 2.24) is 26.4 Å². The molecule has 1 aliphatic rings. The molecule has 2 rings (SSSR count). The van der Waals surface area contributed by atoms with E-state index in [4.69, 9.17) is 4.74 Å². The highest BCUT2D eigenvalue weighted by Gasteiger charge is 2.35. The molecule has 1 amide bonds. The fraction of sp³-hybridized carbons (Fsp3) is 0.462. The highest BCUT2D eigenvalue weighted by atomic mass is 32.2. The Morgan fingerprint density at radius 1 is 1.26 bits per heavy atom. The average Bonchev–Trinajstić information content (AvgIpc) is 2.95. The maximum atomic E-state index is 12.4. The maximum absolute atomic E-state index is 12.4. The summed E-state index contributed by atoms with van der Waals surface area (Å²) in [6.07, 6.45) is -0.830. The van der Waals surface area contributed by atoms with E-state index in [1.807, 2.05) is 6.92 Å². The van der Waals surface area contributed by atoms with Crippen molar-refractivity contribution in [3.8, 4) is 0 Å². The van der Waals surface area contributed by atoms with Crippen LogP contribution in [-0.2, 0) is 19.6 Å². The molecule has 1 aromatic carbocycles. The summed E-state index contributed by atoms with van der Waals surface area (Å²) in [5, 5.41) is 2.65. The van der Waals surface area contributed by atoms with Gasteiger partial charge in [-0.05, 0) is 19.1 Å². The van der Waals surface area contributed by atoms with Gasteiger partial charge in [0.15, 0.2) is 0 Å². The third-order valence-corrected chi connectivity index (χ3v) is 4.75. The number of hydrogen-bond acceptors (Lipinski definition) is 7. The van der Waals surface area contributed by atoms with Gasteiger partial charge in [0.05, 0.1) is 11.5 Å². The van der Waals surface area contributed by atoms with Crippen LogP contribution in [0.25, 0.3) is 0 Å². The van der Waals surface area contributed by atoms with Crippen LogP contribution >= 0.6 is 0 Å². The van der Waals surface area contributed by atoms with Gasteiger partial charge in [-0.2, -0.15) is 10.3 Å². The first-order chi connectivity index (χ1) is 10.9. The van der Waals surface area contributed by atoms with Crippen LogP contribution in [0.3, 0.4) is 0 Å². The van der Waals surface area contributed by atoms with E-state index in [1.54, 1.807) is 12.1 Å². The summed E-state index contributed by atoms with van der Waals surface area (Å²) in [5.41, 5.74) is 8.87. The molecule has 1 saturated heterocycles. The molecule has 0 aromatic heterocycles. The standard InChI is InChI=1S/C13H21N5O4S/c1-9-3-5-10(6-4-9)23(20,21)17-12-11(15-18-16-12)13(19)14-7-8-22-2/h3-6,11-12,15-18H,7-8H2,1-2H3,(H,14,19). The number of amides is 1. The van der Waals surface area contributed by atoms with Gasteiger partial charge in [-0.1, -0.05) is 17.7 Å². The lowest BCUT2D eigenvalue weighted by Crippen LogP contribution is -2.55. The summed E-state index contributed by atoms with van der Waals surface area (Å²) in [4.78, 5) is 12.2. The highest BCUT2D eigenvalue weighted by Crippen LogP contribution is 2.11. The van der Waals surface area contributed by atoms with Gasteiger partial charge in [0.25, 0.3) is 0 Å². The lowest BCUT2D eigenvalue weighted by Gasteiger charge is -2.19. The zero-order valence-electron chi connectivity index (χ0n) is 12.9. The van der Waals surface area contributed by atoms with E-state index >= 15 is 0 Å². The molecular weight excluding hydrogens is 322 g/mol. The minimum Gasteiger partial charge on any atom is -0.383 e. The van der Waals surface area contributed by atoms with Gasteiger partial charge in [0, 0.05) is 13.7 Å². The summed E-state index contributed by atoms with van der Waals surface area (Å²) in [6.45, 7) is 2.58. The lowest BCUT2D eigenvalue weighted by atomic mass is 10.2. The Morgan fingerprint density at radius 3 is 2.61 bits per heavy atom. The van der Waals surface area contributed by atoms with Gasteiger partial charge in [0.2, 0.25) is 15.9 Å². The van der Waals surface area contributed by atoms with Crippen molar-refractivity contribution in [3.05, 3.63) is 29.8 Å². The molecule has 0 spiro atoms. The third-order valence-electron chi connectivity index (χ3n) is 3.29. The van der Waals surface area contributed by atoms with E-state index in [9.17, 15) is 13.2 Å². The Kier molecular flexibility index (Phi) is 6.04. The van der Waals surface area contributed by atoms with Crippen LogP contribution in [0.15, 0.2) is 29.2 Å². The number of hydrogen-bond donors (Lipinski definition) is 5. The largest absolute Gasteiger partial charge is 0.383 e. The van der Waals surface area contributed by atoms with Crippen LogP contribution < -0.4 is 26.4 Å². The van der Waals surface area contributed by atoms with Crippen molar-refractivity contribution < 1.29 is 17.9 Å². The monoisotopic (exact) mass is 343 g/mol. The minimum atomic E-state index is -3.75. The molecule has 1 heterocycles. The van der Waals surface area contributed by atoms with Crippen molar-refractivity contribution in [2.45, 2.75) is 24.0 Å². The van der Waals surface area contributed by atoms with Crippen LogP contribution in [0.2, 0.25) is 0 Å². The van der Waals surface area contributed by atoms with Crippen LogP contribution in [0.1, 0.15) is 5.56 Å². The Hall–Kier alpha value is -1.56. The number of methoxy groups -OCH3 is 1. The minimum absolute atomic E-state index is 0.135. The van der Waals surface area contributed by atoms with Gasteiger partial charge in [0.1, 0.15) is 12.2 Å². The Morgan fingerprint density at radius 2 is 1.96 bits per heavy atom. The van der Waals surface area contributed by atoms with Gasteiger partial charge in [-0.3, -0.25) is 4.79 Å². The second-order valence-corrected chi connectivity index (χ2v) is 6.80. The van der Waals surface area contributed by atoms with E-state index in [0.717, 1.165) is 5.56 Å². The van der Waals surface area contributed by atoms with E-state index in [0.29, 0.717) is 13.2 Å². The average molecular weight is 343 g/mol. The first kappa shape index (κ1) is 17.8. The molecule has 10 heteroatoms. The lowest BCUT2D eigenvalue weighted by molar-refractivity contribution is -0.123. The number of carbonyl (C=O) groups is 1. The Balaban J connectivity index is 2.02. The Bertz CT molecular complexity index is 634. The molecule has 23 heavy (non-hydrogen) atoms. The first-order valence-electron chi connectivity index (χ1n) is 7.06. The van der Waals surface area contributed by atoms with Gasteiger partial charge >= 0.3 is 0 Å². The normalized spacial score (nSPS) is 21.3. The van der Waals surface area contributed by atoms with Gasteiger partial charge in [-0.15, -0.1) is 0 Å². The Labute approximate surface area is 135 Å². The molecule has 0 radical (unpaired) electrons. The third kappa shape index (κ3) is 4.70. The molecule has 0 bridgehead atoms. The molecule has 1 aromatic rings. The number of hydrazine groups is 2. The second-order valence-electron chi connectivity index (χ2n) is 5.09. The molecule has 128 valence electrons. The molecule has 9 nitrogen and oxygen atoms in total. The number of nitrogens with one attached hydrogen (secondary N) is 5. The van der Waals surface area contributed by atoms with Crippen molar-refractivity contribution >= 4 is 15.9 Å². The fourth-order valence-electron chi connectivity index (χ4n) is 2.02. The van der Waals surface area contributed by atoms with Crippen molar-refractivity contribution in [3.63, 3.8) is 0 Å². The molecule has 5 N–H and O–H groups in total. The zero-order valence-corrected chi connectivity index (χ0v) is 13.7.